The quantitative estimate of drug-likeness (QED) is 0.848. The van der Waals surface area contributed by atoms with Crippen LogP contribution < -0.4 is 5.32 Å². The van der Waals surface area contributed by atoms with Crippen molar-refractivity contribution in [1.29, 1.82) is 0 Å². The average Bonchev–Trinajstić information content (AvgIpc) is 2.84. The van der Waals surface area contributed by atoms with Gasteiger partial charge in [-0.05, 0) is 36.2 Å². The Hall–Kier alpha value is -1.93. The first-order chi connectivity index (χ1) is 12.4. The molecule has 1 fully saturated rings. The number of amides is 1. The molecule has 1 amide bonds. The maximum Gasteiger partial charge on any atom is 0.282 e. The topological polar surface area (TPSA) is 69.7 Å². The van der Waals surface area contributed by atoms with Gasteiger partial charge in [-0.15, -0.1) is 0 Å². The van der Waals surface area contributed by atoms with E-state index in [-0.39, 0.29) is 25.5 Å². The van der Waals surface area contributed by atoms with Gasteiger partial charge in [0.05, 0.1) is 6.54 Å². The van der Waals surface area contributed by atoms with Gasteiger partial charge >= 0.3 is 0 Å². The zero-order valence-corrected chi connectivity index (χ0v) is 15.9. The van der Waals surface area contributed by atoms with Crippen LogP contribution in [0.2, 0.25) is 5.02 Å². The Labute approximate surface area is 158 Å². The maximum absolute atomic E-state index is 12.7. The van der Waals surface area contributed by atoms with Gasteiger partial charge in [0, 0.05) is 30.3 Å². The molecule has 3 rings (SSSR count). The first-order valence-corrected chi connectivity index (χ1v) is 9.99. The van der Waals surface area contributed by atoms with Crippen molar-refractivity contribution in [2.75, 3.05) is 25.0 Å². The summed E-state index contributed by atoms with van der Waals surface area (Å²) in [6.45, 7) is 2.50. The molecule has 0 bridgehead atoms. The second kappa shape index (κ2) is 7.75. The molecule has 1 N–H and O–H groups in total. The number of benzene rings is 2. The number of halogens is 1. The number of carbonyl (C=O) groups is 1. The van der Waals surface area contributed by atoms with E-state index in [1.807, 2.05) is 31.2 Å². The molecule has 1 heterocycles. The van der Waals surface area contributed by atoms with Crippen LogP contribution in [0.3, 0.4) is 0 Å². The molecule has 0 aliphatic carbocycles. The van der Waals surface area contributed by atoms with Crippen molar-refractivity contribution in [2.24, 2.45) is 0 Å². The van der Waals surface area contributed by atoms with E-state index < -0.39 is 10.2 Å². The minimum absolute atomic E-state index is 0.192. The Morgan fingerprint density at radius 2 is 1.85 bits per heavy atom. The van der Waals surface area contributed by atoms with Crippen LogP contribution in [0.25, 0.3) is 0 Å². The SMILES string of the molecule is Cc1cccc(NC(=O)CN2CCN(Cc3ccccc3Cl)S2(=O)=O)c1. The number of hydrogen-bond donors (Lipinski definition) is 1. The van der Waals surface area contributed by atoms with Crippen LogP contribution in [0.5, 0.6) is 0 Å². The third-order valence-corrected chi connectivity index (χ3v) is 6.47. The fraction of sp³-hybridized carbons (Fsp3) is 0.278. The highest BCUT2D eigenvalue weighted by Gasteiger charge is 2.37. The molecule has 2 aromatic rings. The molecular formula is C18H20ClN3O3S. The van der Waals surface area contributed by atoms with Gasteiger partial charge in [-0.25, -0.2) is 0 Å². The Kier molecular flexibility index (Phi) is 5.62. The summed E-state index contributed by atoms with van der Waals surface area (Å²) >= 11 is 6.12. The van der Waals surface area contributed by atoms with Gasteiger partial charge in [-0.2, -0.15) is 17.0 Å². The number of nitrogens with zero attached hydrogens (tertiary/aromatic N) is 2. The van der Waals surface area contributed by atoms with E-state index in [0.29, 0.717) is 17.3 Å². The molecule has 6 nitrogen and oxygen atoms in total. The van der Waals surface area contributed by atoms with Gasteiger partial charge < -0.3 is 5.32 Å². The number of hydrogen-bond acceptors (Lipinski definition) is 3. The summed E-state index contributed by atoms with van der Waals surface area (Å²) < 4.78 is 27.9. The van der Waals surface area contributed by atoms with E-state index >= 15 is 0 Å². The van der Waals surface area contributed by atoms with Gasteiger partial charge in [-0.3, -0.25) is 4.79 Å². The molecule has 0 atom stereocenters. The molecule has 0 radical (unpaired) electrons. The lowest BCUT2D eigenvalue weighted by Crippen LogP contribution is -2.37. The molecule has 0 spiro atoms. The molecule has 0 unspecified atom stereocenters. The van der Waals surface area contributed by atoms with Crippen molar-refractivity contribution in [1.82, 2.24) is 8.61 Å². The largest absolute Gasteiger partial charge is 0.325 e. The lowest BCUT2D eigenvalue weighted by Gasteiger charge is -2.19. The van der Waals surface area contributed by atoms with Crippen molar-refractivity contribution < 1.29 is 13.2 Å². The van der Waals surface area contributed by atoms with Crippen LogP contribution in [0, 0.1) is 6.92 Å². The summed E-state index contributed by atoms with van der Waals surface area (Å²) in [5.74, 6) is -0.362. The Morgan fingerprint density at radius 3 is 2.58 bits per heavy atom. The lowest BCUT2D eigenvalue weighted by atomic mass is 10.2. The Bertz CT molecular complexity index is 917. The summed E-state index contributed by atoms with van der Waals surface area (Å²) in [7, 11) is -3.69. The first kappa shape index (κ1) is 18.8. The number of anilines is 1. The number of carbonyl (C=O) groups excluding carboxylic acids is 1. The summed E-state index contributed by atoms with van der Waals surface area (Å²) in [6.07, 6.45) is 0. The molecule has 0 aromatic heterocycles. The van der Waals surface area contributed by atoms with Crippen LogP contribution in [0.4, 0.5) is 5.69 Å². The van der Waals surface area contributed by atoms with Crippen molar-refractivity contribution in [3.8, 4) is 0 Å². The van der Waals surface area contributed by atoms with Crippen molar-refractivity contribution in [2.45, 2.75) is 13.5 Å². The third kappa shape index (κ3) is 4.24. The van der Waals surface area contributed by atoms with E-state index in [4.69, 9.17) is 11.6 Å². The van der Waals surface area contributed by atoms with Gasteiger partial charge in [0.15, 0.2) is 0 Å². The molecule has 26 heavy (non-hydrogen) atoms. The zero-order valence-electron chi connectivity index (χ0n) is 14.4. The molecule has 2 aromatic carbocycles. The highest BCUT2D eigenvalue weighted by molar-refractivity contribution is 7.87. The number of aryl methyl sites for hydroxylation is 1. The first-order valence-electron chi connectivity index (χ1n) is 8.21. The smallest absolute Gasteiger partial charge is 0.282 e. The second-order valence-electron chi connectivity index (χ2n) is 6.18. The molecule has 1 aliphatic heterocycles. The maximum atomic E-state index is 12.7. The Balaban J connectivity index is 1.65. The second-order valence-corrected chi connectivity index (χ2v) is 8.52. The van der Waals surface area contributed by atoms with E-state index in [0.717, 1.165) is 11.1 Å². The summed E-state index contributed by atoms with van der Waals surface area (Å²) in [4.78, 5) is 12.2. The van der Waals surface area contributed by atoms with Gasteiger partial charge in [-0.1, -0.05) is 41.9 Å². The number of nitrogens with one attached hydrogen (secondary N) is 1. The standard InChI is InChI=1S/C18H20ClN3O3S/c1-14-5-4-7-16(11-14)20-18(23)13-22-10-9-21(26(22,24)25)12-15-6-2-3-8-17(15)19/h2-8,11H,9-10,12-13H2,1H3,(H,20,23). The van der Waals surface area contributed by atoms with Gasteiger partial charge in [0.2, 0.25) is 5.91 Å². The minimum atomic E-state index is -3.69. The molecule has 0 saturated carbocycles. The van der Waals surface area contributed by atoms with Crippen molar-refractivity contribution in [3.63, 3.8) is 0 Å². The molecule has 138 valence electrons. The lowest BCUT2D eigenvalue weighted by molar-refractivity contribution is -0.116. The third-order valence-electron chi connectivity index (χ3n) is 4.18. The predicted octanol–water partition coefficient (Wildman–Crippen LogP) is 2.65. The average molecular weight is 394 g/mol. The van der Waals surface area contributed by atoms with Crippen LogP contribution in [-0.2, 0) is 21.5 Å². The zero-order chi connectivity index (χ0) is 18.7. The number of rotatable bonds is 5. The molecule has 1 saturated heterocycles. The molecular weight excluding hydrogens is 374 g/mol. The van der Waals surface area contributed by atoms with Crippen LogP contribution in [0.1, 0.15) is 11.1 Å². The molecule has 8 heteroatoms. The minimum Gasteiger partial charge on any atom is -0.325 e. The van der Waals surface area contributed by atoms with Gasteiger partial charge in [0.1, 0.15) is 0 Å². The summed E-state index contributed by atoms with van der Waals surface area (Å²) in [6, 6.07) is 14.5. The fourth-order valence-electron chi connectivity index (χ4n) is 2.84. The van der Waals surface area contributed by atoms with Crippen LogP contribution in [-0.4, -0.2) is 42.6 Å². The van der Waals surface area contributed by atoms with E-state index in [2.05, 4.69) is 5.32 Å². The highest BCUT2D eigenvalue weighted by Crippen LogP contribution is 2.23. The fourth-order valence-corrected chi connectivity index (χ4v) is 4.57. The van der Waals surface area contributed by atoms with E-state index in [1.54, 1.807) is 24.3 Å². The van der Waals surface area contributed by atoms with E-state index in [1.165, 1.54) is 8.61 Å². The summed E-state index contributed by atoms with van der Waals surface area (Å²) in [5, 5.41) is 3.26. The van der Waals surface area contributed by atoms with E-state index in [9.17, 15) is 13.2 Å². The Morgan fingerprint density at radius 1 is 1.12 bits per heavy atom. The van der Waals surface area contributed by atoms with Gasteiger partial charge in [0.25, 0.3) is 10.2 Å². The van der Waals surface area contributed by atoms with Crippen molar-refractivity contribution in [3.05, 3.63) is 64.7 Å². The van der Waals surface area contributed by atoms with Crippen molar-refractivity contribution >= 4 is 33.4 Å². The monoisotopic (exact) mass is 393 g/mol. The van der Waals surface area contributed by atoms with Crippen LogP contribution >= 0.6 is 11.6 Å². The summed E-state index contributed by atoms with van der Waals surface area (Å²) in [5.41, 5.74) is 2.41. The normalized spacial score (nSPS) is 17.3. The van der Waals surface area contributed by atoms with Crippen LogP contribution in [0.15, 0.2) is 48.5 Å². The highest BCUT2D eigenvalue weighted by atomic mass is 35.5. The molecule has 1 aliphatic rings. The predicted molar refractivity (Wildman–Crippen MR) is 102 cm³/mol.